The van der Waals surface area contributed by atoms with E-state index in [1.165, 1.54) is 17.8 Å². The highest BCUT2D eigenvalue weighted by Gasteiger charge is 2.11. The Morgan fingerprint density at radius 1 is 1.04 bits per heavy atom. The number of likely N-dealkylation sites (N-methyl/N-ethyl adjacent to an activating group) is 1. The molecule has 0 spiro atoms. The zero-order valence-electron chi connectivity index (χ0n) is 14.9. The van der Waals surface area contributed by atoms with Crippen LogP contribution in [-0.2, 0) is 6.54 Å². The summed E-state index contributed by atoms with van der Waals surface area (Å²) in [6.07, 6.45) is 1.47. The molecule has 0 aliphatic heterocycles. The minimum atomic E-state index is -0.302. The smallest absolute Gasteiger partial charge is 0.270 e. The molecule has 0 atom stereocenters. The molecule has 1 aromatic heterocycles. The highest BCUT2D eigenvalue weighted by molar-refractivity contribution is 5.98. The minimum Gasteiger partial charge on any atom is -0.351 e. The third-order valence-electron chi connectivity index (χ3n) is 3.67. The summed E-state index contributed by atoms with van der Waals surface area (Å²) in [7, 11) is 3.88. The second-order valence-electron chi connectivity index (χ2n) is 6.16. The van der Waals surface area contributed by atoms with E-state index in [-0.39, 0.29) is 17.5 Å². The van der Waals surface area contributed by atoms with Crippen LogP contribution in [-0.4, -0.2) is 48.9 Å². The number of benzene rings is 1. The number of carbonyl (C=O) groups excluding carboxylic acids is 2. The number of pyridine rings is 1. The molecule has 25 heavy (non-hydrogen) atoms. The summed E-state index contributed by atoms with van der Waals surface area (Å²) in [5.74, 6) is -0.514. The van der Waals surface area contributed by atoms with Gasteiger partial charge in [0.1, 0.15) is 5.69 Å². The van der Waals surface area contributed by atoms with Crippen molar-refractivity contribution in [3.05, 3.63) is 65.0 Å². The fourth-order valence-corrected chi connectivity index (χ4v) is 2.17. The van der Waals surface area contributed by atoms with E-state index in [1.807, 2.05) is 50.2 Å². The van der Waals surface area contributed by atoms with E-state index in [0.717, 1.165) is 12.1 Å². The molecule has 2 N–H and O–H groups in total. The number of aromatic nitrogens is 1. The molecular weight excluding hydrogens is 316 g/mol. The molecule has 0 aliphatic rings. The number of nitrogens with one attached hydrogen (secondary N) is 2. The number of carbonyl (C=O) groups is 2. The van der Waals surface area contributed by atoms with E-state index in [4.69, 9.17) is 0 Å². The van der Waals surface area contributed by atoms with Crippen molar-refractivity contribution < 1.29 is 9.59 Å². The molecule has 2 amide bonds. The summed E-state index contributed by atoms with van der Waals surface area (Å²) in [5, 5.41) is 5.64. The van der Waals surface area contributed by atoms with E-state index in [0.29, 0.717) is 18.7 Å². The quantitative estimate of drug-likeness (QED) is 0.803. The highest BCUT2D eigenvalue weighted by atomic mass is 16.2. The van der Waals surface area contributed by atoms with Gasteiger partial charge in [0.2, 0.25) is 0 Å². The number of amides is 2. The van der Waals surface area contributed by atoms with Gasteiger partial charge in [-0.2, -0.15) is 0 Å². The molecule has 2 rings (SSSR count). The van der Waals surface area contributed by atoms with Crippen molar-refractivity contribution in [1.29, 1.82) is 0 Å². The first-order valence-corrected chi connectivity index (χ1v) is 8.18. The molecule has 1 heterocycles. The maximum atomic E-state index is 12.3. The maximum Gasteiger partial charge on any atom is 0.270 e. The molecule has 1 aromatic carbocycles. The Labute approximate surface area is 148 Å². The van der Waals surface area contributed by atoms with Gasteiger partial charge in [-0.15, -0.1) is 0 Å². The maximum absolute atomic E-state index is 12.3. The molecule has 0 saturated heterocycles. The lowest BCUT2D eigenvalue weighted by Gasteiger charge is -2.11. The molecule has 0 fully saturated rings. The minimum absolute atomic E-state index is 0.211. The lowest BCUT2D eigenvalue weighted by atomic mass is 10.1. The topological polar surface area (TPSA) is 74.3 Å². The second-order valence-corrected chi connectivity index (χ2v) is 6.16. The zero-order chi connectivity index (χ0) is 18.2. The van der Waals surface area contributed by atoms with Gasteiger partial charge >= 0.3 is 0 Å². The first-order valence-electron chi connectivity index (χ1n) is 8.18. The summed E-state index contributed by atoms with van der Waals surface area (Å²) < 4.78 is 0. The molecule has 0 bridgehead atoms. The monoisotopic (exact) mass is 340 g/mol. The van der Waals surface area contributed by atoms with E-state index in [1.54, 1.807) is 6.07 Å². The van der Waals surface area contributed by atoms with Crippen LogP contribution in [0.1, 0.15) is 32.0 Å². The van der Waals surface area contributed by atoms with E-state index in [9.17, 15) is 9.59 Å². The predicted molar refractivity (Wildman–Crippen MR) is 97.5 cm³/mol. The van der Waals surface area contributed by atoms with Crippen LogP contribution in [0, 0.1) is 6.92 Å². The lowest BCUT2D eigenvalue weighted by Crippen LogP contribution is -2.31. The first kappa shape index (κ1) is 18.6. The van der Waals surface area contributed by atoms with Gasteiger partial charge < -0.3 is 15.5 Å². The SMILES string of the molecule is Cc1ccc(CNC(=O)c2cc(C(=O)NCCN(C)C)ccn2)cc1. The number of hydrogen-bond acceptors (Lipinski definition) is 4. The average molecular weight is 340 g/mol. The van der Waals surface area contributed by atoms with Gasteiger partial charge in [0.25, 0.3) is 11.8 Å². The van der Waals surface area contributed by atoms with Crippen molar-refractivity contribution in [2.24, 2.45) is 0 Å². The Morgan fingerprint density at radius 3 is 2.44 bits per heavy atom. The molecule has 0 saturated carbocycles. The molecule has 6 heteroatoms. The predicted octanol–water partition coefficient (Wildman–Crippen LogP) is 1.61. The standard InChI is InChI=1S/C19H24N4O2/c1-14-4-6-15(7-5-14)13-22-19(25)17-12-16(8-9-20-17)18(24)21-10-11-23(2)3/h4-9,12H,10-11,13H2,1-3H3,(H,21,24)(H,22,25). The van der Waals surface area contributed by atoms with Gasteiger partial charge in [0.15, 0.2) is 0 Å². The van der Waals surface area contributed by atoms with Crippen molar-refractivity contribution in [3.63, 3.8) is 0 Å². The van der Waals surface area contributed by atoms with E-state index >= 15 is 0 Å². The van der Waals surface area contributed by atoms with Crippen molar-refractivity contribution in [2.75, 3.05) is 27.2 Å². The van der Waals surface area contributed by atoms with Crippen LogP contribution >= 0.6 is 0 Å². The Hall–Kier alpha value is -2.73. The van der Waals surface area contributed by atoms with Gasteiger partial charge in [-0.1, -0.05) is 29.8 Å². The summed E-state index contributed by atoms with van der Waals surface area (Å²) in [5.41, 5.74) is 2.84. The van der Waals surface area contributed by atoms with Crippen molar-refractivity contribution in [3.8, 4) is 0 Å². The molecule has 132 valence electrons. The summed E-state index contributed by atoms with van der Waals surface area (Å²) in [6.45, 7) is 3.73. The third kappa shape index (κ3) is 6.00. The number of aryl methyl sites for hydroxylation is 1. The largest absolute Gasteiger partial charge is 0.351 e. The van der Waals surface area contributed by atoms with E-state index < -0.39 is 0 Å². The van der Waals surface area contributed by atoms with Crippen molar-refractivity contribution >= 4 is 11.8 Å². The number of nitrogens with zero attached hydrogens (tertiary/aromatic N) is 2. The molecule has 0 unspecified atom stereocenters. The Balaban J connectivity index is 1.93. The second kappa shape index (κ2) is 8.94. The normalized spacial score (nSPS) is 10.6. The van der Waals surface area contributed by atoms with Crippen LogP contribution in [0.25, 0.3) is 0 Å². The van der Waals surface area contributed by atoms with E-state index in [2.05, 4.69) is 15.6 Å². The molecule has 0 aliphatic carbocycles. The van der Waals surface area contributed by atoms with Crippen LogP contribution in [0.3, 0.4) is 0 Å². The Kier molecular flexibility index (Phi) is 6.65. The zero-order valence-corrected chi connectivity index (χ0v) is 14.9. The van der Waals surface area contributed by atoms with Crippen LogP contribution in [0.5, 0.6) is 0 Å². The molecule has 0 radical (unpaired) electrons. The molecular formula is C19H24N4O2. The summed E-state index contributed by atoms with van der Waals surface area (Å²) in [4.78, 5) is 30.4. The van der Waals surface area contributed by atoms with Gasteiger partial charge in [-0.3, -0.25) is 14.6 Å². The molecule has 2 aromatic rings. The highest BCUT2D eigenvalue weighted by Crippen LogP contribution is 2.05. The first-order chi connectivity index (χ1) is 12.0. The van der Waals surface area contributed by atoms with Gasteiger partial charge in [0.05, 0.1) is 0 Å². The number of rotatable bonds is 7. The van der Waals surface area contributed by atoms with Crippen LogP contribution < -0.4 is 10.6 Å². The van der Waals surface area contributed by atoms with Crippen LogP contribution in [0.4, 0.5) is 0 Å². The van der Waals surface area contributed by atoms with Gasteiger partial charge in [-0.05, 0) is 38.7 Å². The summed E-state index contributed by atoms with van der Waals surface area (Å²) in [6, 6.07) is 11.0. The van der Waals surface area contributed by atoms with Crippen molar-refractivity contribution in [2.45, 2.75) is 13.5 Å². The van der Waals surface area contributed by atoms with Crippen LogP contribution in [0.15, 0.2) is 42.6 Å². The summed E-state index contributed by atoms with van der Waals surface area (Å²) >= 11 is 0. The Morgan fingerprint density at radius 2 is 1.76 bits per heavy atom. The van der Waals surface area contributed by atoms with Gasteiger partial charge in [-0.25, -0.2) is 0 Å². The Bertz CT molecular complexity index is 726. The fraction of sp³-hybridized carbons (Fsp3) is 0.316. The third-order valence-corrected chi connectivity index (χ3v) is 3.67. The fourth-order valence-electron chi connectivity index (χ4n) is 2.17. The van der Waals surface area contributed by atoms with Crippen LogP contribution in [0.2, 0.25) is 0 Å². The number of hydrogen-bond donors (Lipinski definition) is 2. The lowest BCUT2D eigenvalue weighted by molar-refractivity contribution is 0.0946. The van der Waals surface area contributed by atoms with Crippen molar-refractivity contribution in [1.82, 2.24) is 20.5 Å². The molecule has 6 nitrogen and oxygen atoms in total. The van der Waals surface area contributed by atoms with Gasteiger partial charge in [0, 0.05) is 31.4 Å². The average Bonchev–Trinajstić information content (AvgIpc) is 2.60.